The van der Waals surface area contributed by atoms with E-state index in [-0.39, 0.29) is 27.3 Å². The molecule has 0 fully saturated rings. The van der Waals surface area contributed by atoms with E-state index in [1.54, 1.807) is 0 Å². The molecule has 0 amide bonds. The number of aryl methyl sites for hydroxylation is 6. The van der Waals surface area contributed by atoms with Gasteiger partial charge in [-0.2, -0.15) is 0 Å². The Labute approximate surface area is 281 Å². The van der Waals surface area contributed by atoms with E-state index in [4.69, 9.17) is 4.57 Å². The molecule has 0 bridgehead atoms. The Morgan fingerprint density at radius 1 is 0.340 bits per heavy atom. The van der Waals surface area contributed by atoms with Crippen molar-refractivity contribution in [3.8, 4) is 0 Å². The first-order chi connectivity index (χ1) is 22.8. The van der Waals surface area contributed by atoms with Crippen LogP contribution in [0.2, 0.25) is 0 Å². The summed E-state index contributed by atoms with van der Waals surface area (Å²) in [6, 6.07) is 45.3. The molecule has 0 spiro atoms. The van der Waals surface area contributed by atoms with Crippen LogP contribution in [0.1, 0.15) is 33.4 Å². The molecule has 0 aliphatic carbocycles. The maximum absolute atomic E-state index is 7.57. The highest BCUT2D eigenvalue weighted by Gasteiger charge is 2.45. The minimum absolute atomic E-state index is 0.158. The molecule has 0 N–H and O–H groups in total. The first kappa shape index (κ1) is 29.9. The van der Waals surface area contributed by atoms with Crippen molar-refractivity contribution < 1.29 is 4.57 Å². The van der Waals surface area contributed by atoms with Crippen molar-refractivity contribution in [1.82, 2.24) is 0 Å². The van der Waals surface area contributed by atoms with E-state index in [9.17, 15) is 0 Å². The summed E-state index contributed by atoms with van der Waals surface area (Å²) >= 11 is 0. The lowest BCUT2D eigenvalue weighted by atomic mass is 9.24. The van der Waals surface area contributed by atoms with Crippen LogP contribution < -0.4 is 54.6 Å². The van der Waals surface area contributed by atoms with E-state index in [1.165, 1.54) is 88.0 Å². The van der Waals surface area contributed by atoms with Gasteiger partial charge in [0.25, 0.3) is 0 Å². The number of benzene rings is 6. The van der Waals surface area contributed by atoms with Gasteiger partial charge in [0.05, 0.1) is 0 Å². The molecular formula is C42H38B4O. The molecule has 5 heteroatoms. The zero-order valence-corrected chi connectivity index (χ0v) is 28.3. The van der Waals surface area contributed by atoms with E-state index in [1.807, 2.05) is 0 Å². The van der Waals surface area contributed by atoms with E-state index in [0.29, 0.717) is 0 Å². The van der Waals surface area contributed by atoms with Gasteiger partial charge in [0.2, 0.25) is 13.4 Å². The first-order valence-electron chi connectivity index (χ1n) is 17.0. The molecule has 0 unspecified atom stereocenters. The molecule has 1 nitrogen and oxygen atoms in total. The molecule has 0 radical (unpaired) electrons. The Morgan fingerprint density at radius 2 is 0.574 bits per heavy atom. The van der Waals surface area contributed by atoms with E-state index < -0.39 is 0 Å². The average molecular weight is 602 g/mol. The summed E-state index contributed by atoms with van der Waals surface area (Å²) in [5.41, 5.74) is 21.2. The fourth-order valence-corrected chi connectivity index (χ4v) is 9.06. The predicted octanol–water partition coefficient (Wildman–Crippen LogP) is 2.12. The fourth-order valence-electron chi connectivity index (χ4n) is 9.06. The van der Waals surface area contributed by atoms with Crippen molar-refractivity contribution in [2.45, 2.75) is 41.5 Å². The first-order valence-corrected chi connectivity index (χ1v) is 17.0. The van der Waals surface area contributed by atoms with Crippen LogP contribution in [0.3, 0.4) is 0 Å². The molecule has 2 aliphatic heterocycles. The molecular weight excluding hydrogens is 564 g/mol. The second kappa shape index (κ2) is 11.7. The Kier molecular flexibility index (Phi) is 7.42. The number of rotatable bonds is 4. The van der Waals surface area contributed by atoms with Crippen LogP contribution >= 0.6 is 0 Å². The topological polar surface area (TPSA) is 9.23 Å². The van der Waals surface area contributed by atoms with Crippen LogP contribution in [0, 0.1) is 41.5 Å². The smallest absolute Gasteiger partial charge is 0.345 e. The minimum atomic E-state index is -0.199. The van der Waals surface area contributed by atoms with Crippen molar-refractivity contribution >= 4 is 81.9 Å². The van der Waals surface area contributed by atoms with Crippen molar-refractivity contribution in [2.75, 3.05) is 0 Å². The van der Waals surface area contributed by atoms with Gasteiger partial charge in [0.15, 0.2) is 0 Å². The van der Waals surface area contributed by atoms with Crippen molar-refractivity contribution in [2.24, 2.45) is 0 Å². The van der Waals surface area contributed by atoms with Crippen LogP contribution in [0.15, 0.2) is 121 Å². The summed E-state index contributed by atoms with van der Waals surface area (Å²) in [4.78, 5) is 0. The van der Waals surface area contributed by atoms with Gasteiger partial charge in [-0.25, -0.2) is 0 Å². The van der Waals surface area contributed by atoms with Crippen molar-refractivity contribution in [1.29, 1.82) is 0 Å². The van der Waals surface area contributed by atoms with Crippen LogP contribution in [-0.4, -0.2) is 27.3 Å². The Hall–Kier alpha value is -4.46. The molecule has 2 aliphatic rings. The number of hydrogen-bond acceptors (Lipinski definition) is 1. The summed E-state index contributed by atoms with van der Waals surface area (Å²) in [5, 5.41) is 0. The number of hydrogen-bond donors (Lipinski definition) is 0. The molecule has 0 atom stereocenters. The zero-order chi connectivity index (χ0) is 32.4. The summed E-state index contributed by atoms with van der Waals surface area (Å²) in [5.74, 6) is 0. The zero-order valence-electron chi connectivity index (χ0n) is 28.3. The van der Waals surface area contributed by atoms with Gasteiger partial charge in [-0.05, 0) is 41.5 Å². The molecule has 0 aromatic heterocycles. The summed E-state index contributed by atoms with van der Waals surface area (Å²) in [6.07, 6.45) is 0. The monoisotopic (exact) mass is 602 g/mol. The van der Waals surface area contributed by atoms with E-state index >= 15 is 0 Å². The third-order valence-corrected chi connectivity index (χ3v) is 10.7. The van der Waals surface area contributed by atoms with Crippen LogP contribution in [0.25, 0.3) is 0 Å². The Bertz CT molecular complexity index is 1890. The van der Waals surface area contributed by atoms with E-state index in [2.05, 4.69) is 163 Å². The molecule has 6 aromatic rings. The van der Waals surface area contributed by atoms with Gasteiger partial charge in [0, 0.05) is 0 Å². The van der Waals surface area contributed by atoms with Crippen molar-refractivity contribution in [3.63, 3.8) is 0 Å². The second-order valence-corrected chi connectivity index (χ2v) is 13.9. The maximum atomic E-state index is 7.57. The highest BCUT2D eigenvalue weighted by Crippen LogP contribution is 2.13. The van der Waals surface area contributed by atoms with Gasteiger partial charge < -0.3 is 4.57 Å². The van der Waals surface area contributed by atoms with Gasteiger partial charge >= 0.3 is 13.8 Å². The van der Waals surface area contributed by atoms with Crippen molar-refractivity contribution in [3.05, 3.63) is 155 Å². The predicted molar refractivity (Wildman–Crippen MR) is 208 cm³/mol. The normalized spacial score (nSPS) is 13.2. The van der Waals surface area contributed by atoms with Gasteiger partial charge in [-0.3, -0.25) is 0 Å². The minimum Gasteiger partial charge on any atom is -0.484 e. The lowest BCUT2D eigenvalue weighted by Gasteiger charge is -2.37. The molecule has 224 valence electrons. The molecule has 2 heterocycles. The highest BCUT2D eigenvalue weighted by molar-refractivity contribution is 7.11. The van der Waals surface area contributed by atoms with E-state index in [0.717, 1.165) is 0 Å². The average Bonchev–Trinajstić information content (AvgIpc) is 3.05. The third kappa shape index (κ3) is 4.86. The fraction of sp³-hybridized carbons (Fsp3) is 0.143. The number of fused-ring (bicyclic) bond motifs is 4. The van der Waals surface area contributed by atoms with Gasteiger partial charge in [-0.15, -0.1) is 0 Å². The molecule has 6 aromatic carbocycles. The highest BCUT2D eigenvalue weighted by atomic mass is 16.4. The summed E-state index contributed by atoms with van der Waals surface area (Å²) < 4.78 is 7.57. The molecule has 0 saturated carbocycles. The molecule has 0 saturated heterocycles. The summed E-state index contributed by atoms with van der Waals surface area (Å²) in [6.45, 7) is 13.4. The Morgan fingerprint density at radius 3 is 0.830 bits per heavy atom. The molecule has 8 rings (SSSR count). The third-order valence-electron chi connectivity index (χ3n) is 10.7. The quantitative estimate of drug-likeness (QED) is 0.282. The maximum Gasteiger partial charge on any atom is 0.345 e. The van der Waals surface area contributed by atoms with Gasteiger partial charge in [0.1, 0.15) is 0 Å². The lowest BCUT2D eigenvalue weighted by molar-refractivity contribution is 0.634. The van der Waals surface area contributed by atoms with Crippen LogP contribution in [-0.2, 0) is 4.57 Å². The summed E-state index contributed by atoms with van der Waals surface area (Å²) in [7, 11) is 0. The van der Waals surface area contributed by atoms with Crippen LogP contribution in [0.4, 0.5) is 0 Å². The van der Waals surface area contributed by atoms with Crippen LogP contribution in [0.5, 0.6) is 0 Å². The molecule has 47 heavy (non-hydrogen) atoms. The largest absolute Gasteiger partial charge is 0.484 e. The second-order valence-electron chi connectivity index (χ2n) is 13.9. The van der Waals surface area contributed by atoms with Gasteiger partial charge in [-0.1, -0.05) is 209 Å². The Balaban J connectivity index is 1.30. The standard InChI is InChI=1S/C42H38B4O/c1-27-23-29(3)41(30(4)24-27)43-33-15-7-11-19-37(33)45(38-20-12-8-16-34(38)43)47-46-39-21-13-9-17-35(39)44(36-18-10-14-22-40(36)46)42-31(5)25-28(2)26-32(42)6/h7-26H,1-6H3. The SMILES string of the molecule is Cc1cc(C)c(B2c3ccccc3B(OB3c4ccccc4B(c4c(C)cc(C)cc4C)c4ccccc43)c3ccccc32)c(C)c1. The lowest BCUT2D eigenvalue weighted by Crippen LogP contribution is -2.78.